The zero-order valence-corrected chi connectivity index (χ0v) is 11.3. The highest BCUT2D eigenvalue weighted by molar-refractivity contribution is 6.02. The number of methoxy groups -OCH3 is 1. The van der Waals surface area contributed by atoms with Crippen molar-refractivity contribution >= 4 is 11.6 Å². The first-order chi connectivity index (χ1) is 9.63. The molecule has 0 aliphatic heterocycles. The molecule has 0 unspecified atom stereocenters. The smallest absolute Gasteiger partial charge is 0.276 e. The summed E-state index contributed by atoms with van der Waals surface area (Å²) < 4.78 is 5.23. The number of rotatable bonds is 4. The summed E-state index contributed by atoms with van der Waals surface area (Å²) in [6.07, 6.45) is 0.795. The van der Waals surface area contributed by atoms with Gasteiger partial charge in [0.2, 0.25) is 0 Å². The minimum Gasteiger partial charge on any atom is -0.496 e. The number of hydrogen-bond donors (Lipinski definition) is 2. The highest BCUT2D eigenvalue weighted by Crippen LogP contribution is 2.23. The number of nitrogens with one attached hydrogen (secondary N) is 2. The number of aromatic nitrogens is 2. The second-order valence-corrected chi connectivity index (χ2v) is 4.14. The van der Waals surface area contributed by atoms with Gasteiger partial charge in [0, 0.05) is 11.8 Å². The van der Waals surface area contributed by atoms with Gasteiger partial charge in [-0.2, -0.15) is 5.10 Å². The van der Waals surface area contributed by atoms with E-state index in [0.29, 0.717) is 5.69 Å². The Balaban J connectivity index is 2.19. The van der Waals surface area contributed by atoms with E-state index in [-0.39, 0.29) is 17.2 Å². The van der Waals surface area contributed by atoms with E-state index < -0.39 is 0 Å². The maximum atomic E-state index is 12.0. The summed E-state index contributed by atoms with van der Waals surface area (Å²) in [5.41, 5.74) is 1.46. The monoisotopic (exact) mass is 273 g/mol. The standard InChI is InChI=1S/C14H15N3O3/c1-3-9-8-10(4-6-12(9)20-2)15-14(19)11-5-7-13(18)17-16-11/h4-8H,3H2,1-2H3,(H,15,19)(H,17,18). The van der Waals surface area contributed by atoms with Crippen molar-refractivity contribution in [1.29, 1.82) is 0 Å². The molecule has 6 heteroatoms. The molecule has 0 radical (unpaired) electrons. The van der Waals surface area contributed by atoms with Crippen LogP contribution in [0.2, 0.25) is 0 Å². The molecule has 0 saturated carbocycles. The molecule has 0 saturated heterocycles. The molecule has 0 spiro atoms. The van der Waals surface area contributed by atoms with Gasteiger partial charge in [0.05, 0.1) is 7.11 Å². The number of nitrogens with zero attached hydrogens (tertiary/aromatic N) is 1. The van der Waals surface area contributed by atoms with E-state index in [2.05, 4.69) is 15.5 Å². The molecule has 20 heavy (non-hydrogen) atoms. The van der Waals surface area contributed by atoms with Crippen molar-refractivity contribution in [3.8, 4) is 5.75 Å². The number of anilines is 1. The van der Waals surface area contributed by atoms with Crippen molar-refractivity contribution in [2.45, 2.75) is 13.3 Å². The quantitative estimate of drug-likeness (QED) is 0.886. The number of ether oxygens (including phenoxy) is 1. The Labute approximate surface area is 115 Å². The third kappa shape index (κ3) is 3.03. The van der Waals surface area contributed by atoms with E-state index >= 15 is 0 Å². The lowest BCUT2D eigenvalue weighted by Crippen LogP contribution is -2.17. The maximum absolute atomic E-state index is 12.0. The highest BCUT2D eigenvalue weighted by Gasteiger charge is 2.09. The number of carbonyl (C=O) groups is 1. The van der Waals surface area contributed by atoms with Crippen molar-refractivity contribution in [3.63, 3.8) is 0 Å². The molecular weight excluding hydrogens is 258 g/mol. The van der Waals surface area contributed by atoms with Gasteiger partial charge in [0.25, 0.3) is 11.5 Å². The zero-order chi connectivity index (χ0) is 14.5. The molecule has 6 nitrogen and oxygen atoms in total. The first-order valence-corrected chi connectivity index (χ1v) is 6.18. The minimum absolute atomic E-state index is 0.151. The Morgan fingerprint density at radius 3 is 2.75 bits per heavy atom. The first kappa shape index (κ1) is 13.8. The van der Waals surface area contributed by atoms with Gasteiger partial charge in [-0.25, -0.2) is 5.10 Å². The van der Waals surface area contributed by atoms with Crippen molar-refractivity contribution < 1.29 is 9.53 Å². The fraction of sp³-hybridized carbons (Fsp3) is 0.214. The van der Waals surface area contributed by atoms with Gasteiger partial charge in [0.15, 0.2) is 0 Å². The number of aromatic amines is 1. The molecule has 1 amide bonds. The summed E-state index contributed by atoms with van der Waals surface area (Å²) in [7, 11) is 1.61. The van der Waals surface area contributed by atoms with Gasteiger partial charge >= 0.3 is 0 Å². The Bertz CT molecular complexity index is 659. The molecule has 0 fully saturated rings. The largest absolute Gasteiger partial charge is 0.496 e. The van der Waals surface area contributed by atoms with E-state index in [4.69, 9.17) is 4.74 Å². The van der Waals surface area contributed by atoms with E-state index in [9.17, 15) is 9.59 Å². The predicted molar refractivity (Wildman–Crippen MR) is 75.2 cm³/mol. The van der Waals surface area contributed by atoms with Crippen LogP contribution in [0.4, 0.5) is 5.69 Å². The van der Waals surface area contributed by atoms with Crippen LogP contribution >= 0.6 is 0 Å². The van der Waals surface area contributed by atoms with Gasteiger partial charge in [0.1, 0.15) is 11.4 Å². The average Bonchev–Trinajstić information content (AvgIpc) is 2.47. The molecule has 2 N–H and O–H groups in total. The fourth-order valence-electron chi connectivity index (χ4n) is 1.80. The second-order valence-electron chi connectivity index (χ2n) is 4.14. The lowest BCUT2D eigenvalue weighted by atomic mass is 10.1. The van der Waals surface area contributed by atoms with Crippen LogP contribution in [0.3, 0.4) is 0 Å². The van der Waals surface area contributed by atoms with Crippen LogP contribution in [0.25, 0.3) is 0 Å². The third-order valence-corrected chi connectivity index (χ3v) is 2.83. The molecule has 1 aromatic heterocycles. The Kier molecular flexibility index (Phi) is 4.14. The summed E-state index contributed by atoms with van der Waals surface area (Å²) in [6, 6.07) is 8.03. The molecule has 2 aromatic rings. The maximum Gasteiger partial charge on any atom is 0.276 e. The Hall–Kier alpha value is -2.63. The Morgan fingerprint density at radius 1 is 1.35 bits per heavy atom. The van der Waals surface area contributed by atoms with Gasteiger partial charge in [-0.15, -0.1) is 0 Å². The van der Waals surface area contributed by atoms with E-state index in [1.807, 2.05) is 13.0 Å². The number of amides is 1. The molecule has 1 heterocycles. The topological polar surface area (TPSA) is 84.1 Å². The number of aryl methyl sites for hydroxylation is 1. The molecule has 1 aromatic carbocycles. The number of carbonyl (C=O) groups excluding carboxylic acids is 1. The highest BCUT2D eigenvalue weighted by atomic mass is 16.5. The fourth-order valence-corrected chi connectivity index (χ4v) is 1.80. The van der Waals surface area contributed by atoms with Crippen molar-refractivity contribution in [3.05, 3.63) is 51.9 Å². The van der Waals surface area contributed by atoms with Crippen LogP contribution in [0.1, 0.15) is 23.0 Å². The summed E-state index contributed by atoms with van der Waals surface area (Å²) in [5, 5.41) is 8.62. The van der Waals surface area contributed by atoms with E-state index in [1.54, 1.807) is 19.2 Å². The van der Waals surface area contributed by atoms with Crippen molar-refractivity contribution in [2.75, 3.05) is 12.4 Å². The molecule has 0 bridgehead atoms. The summed E-state index contributed by atoms with van der Waals surface area (Å²) >= 11 is 0. The van der Waals surface area contributed by atoms with Crippen molar-refractivity contribution in [1.82, 2.24) is 10.2 Å². The average molecular weight is 273 g/mol. The third-order valence-electron chi connectivity index (χ3n) is 2.83. The molecule has 0 aliphatic carbocycles. The van der Waals surface area contributed by atoms with Crippen molar-refractivity contribution in [2.24, 2.45) is 0 Å². The van der Waals surface area contributed by atoms with Gasteiger partial charge in [-0.1, -0.05) is 6.92 Å². The van der Waals surface area contributed by atoms with E-state index in [1.165, 1.54) is 12.1 Å². The predicted octanol–water partition coefficient (Wildman–Crippen LogP) is 1.59. The van der Waals surface area contributed by atoms with Crippen LogP contribution in [0, 0.1) is 0 Å². The molecule has 2 rings (SSSR count). The van der Waals surface area contributed by atoms with Crippen LogP contribution in [-0.2, 0) is 6.42 Å². The van der Waals surface area contributed by atoms with Crippen LogP contribution in [0.15, 0.2) is 35.1 Å². The summed E-state index contributed by atoms with van der Waals surface area (Å²) in [4.78, 5) is 22.8. The lowest BCUT2D eigenvalue weighted by molar-refractivity contribution is 0.102. The van der Waals surface area contributed by atoms with E-state index in [0.717, 1.165) is 17.7 Å². The van der Waals surface area contributed by atoms with Gasteiger partial charge < -0.3 is 10.1 Å². The summed E-state index contributed by atoms with van der Waals surface area (Å²) in [5.74, 6) is 0.404. The minimum atomic E-state index is -0.381. The van der Waals surface area contributed by atoms with Crippen LogP contribution in [-0.4, -0.2) is 23.2 Å². The molecule has 0 aliphatic rings. The second kappa shape index (κ2) is 6.01. The van der Waals surface area contributed by atoms with Crippen LogP contribution in [0.5, 0.6) is 5.75 Å². The lowest BCUT2D eigenvalue weighted by Gasteiger charge is -2.10. The SMILES string of the molecule is CCc1cc(NC(=O)c2ccc(=O)[nH]n2)ccc1OC. The normalized spacial score (nSPS) is 10.1. The molecular formula is C14H15N3O3. The summed E-state index contributed by atoms with van der Waals surface area (Å²) in [6.45, 7) is 2.01. The number of H-pyrrole nitrogens is 1. The number of hydrogen-bond acceptors (Lipinski definition) is 4. The van der Waals surface area contributed by atoms with Crippen LogP contribution < -0.4 is 15.6 Å². The molecule has 104 valence electrons. The Morgan fingerprint density at radius 2 is 2.15 bits per heavy atom. The van der Waals surface area contributed by atoms with Gasteiger partial charge in [-0.05, 0) is 36.2 Å². The first-order valence-electron chi connectivity index (χ1n) is 6.18. The number of benzene rings is 1. The molecule has 0 atom stereocenters. The van der Waals surface area contributed by atoms with Gasteiger partial charge in [-0.3, -0.25) is 9.59 Å². The zero-order valence-electron chi connectivity index (χ0n) is 11.3.